The minimum Gasteiger partial charge on any atom is -0.303 e. The van der Waals surface area contributed by atoms with Crippen LogP contribution in [0.15, 0.2) is 30.3 Å². The van der Waals surface area contributed by atoms with Crippen molar-refractivity contribution in [1.82, 2.24) is 4.90 Å². The number of carbonyl (C=O) groups is 1. The van der Waals surface area contributed by atoms with Crippen LogP contribution in [-0.2, 0) is 0 Å². The molecule has 0 unspecified atom stereocenters. The van der Waals surface area contributed by atoms with E-state index in [1.807, 2.05) is 30.3 Å². The van der Waals surface area contributed by atoms with Crippen molar-refractivity contribution < 1.29 is 4.79 Å². The molecule has 0 aliphatic carbocycles. The molecule has 0 radical (unpaired) electrons. The number of likely N-dealkylation sites (tertiary alicyclic amines) is 1. The Hall–Kier alpha value is -1.66. The van der Waals surface area contributed by atoms with Crippen molar-refractivity contribution in [2.24, 2.45) is 5.92 Å². The number of unbranched alkanes of at least 4 members (excludes halogenated alkanes) is 1. The normalized spacial score (nSPS) is 17.0. The predicted molar refractivity (Wildman–Crippen MR) is 74.8 cm³/mol. The summed E-state index contributed by atoms with van der Waals surface area (Å²) in [5.41, 5.74) is 0.838. The number of rotatable bonds is 5. The van der Waals surface area contributed by atoms with Gasteiger partial charge >= 0.3 is 0 Å². The first-order valence-electron chi connectivity index (χ1n) is 7.00. The lowest BCUT2D eigenvalue weighted by atomic mass is 9.89. The smallest absolute Gasteiger partial charge is 0.166 e. The van der Waals surface area contributed by atoms with Gasteiger partial charge in [0.1, 0.15) is 0 Å². The predicted octanol–water partition coefficient (Wildman–Crippen LogP) is 2.89. The summed E-state index contributed by atoms with van der Waals surface area (Å²) in [7, 11) is 0. The number of ketones is 1. The molecule has 1 aliphatic heterocycles. The average molecular weight is 256 g/mol. The number of benzene rings is 1. The molecule has 1 aliphatic rings. The lowest BCUT2D eigenvalue weighted by Gasteiger charge is -2.31. The molecule has 0 N–H and O–H groups in total. The summed E-state index contributed by atoms with van der Waals surface area (Å²) in [6.45, 7) is 2.95. The first-order valence-corrected chi connectivity index (χ1v) is 7.00. The van der Waals surface area contributed by atoms with Crippen molar-refractivity contribution in [2.45, 2.75) is 25.7 Å². The van der Waals surface area contributed by atoms with E-state index in [0.717, 1.165) is 44.5 Å². The second-order valence-electron chi connectivity index (χ2n) is 5.11. The first-order chi connectivity index (χ1) is 9.31. The molecule has 1 saturated heterocycles. The number of piperidine rings is 1. The number of hydrogen-bond donors (Lipinski definition) is 0. The van der Waals surface area contributed by atoms with E-state index in [1.165, 1.54) is 0 Å². The summed E-state index contributed by atoms with van der Waals surface area (Å²) in [6.07, 6.45) is 3.46. The Labute approximate surface area is 114 Å². The molecule has 0 saturated carbocycles. The Morgan fingerprint density at radius 3 is 2.58 bits per heavy atom. The van der Waals surface area contributed by atoms with Crippen molar-refractivity contribution in [1.29, 1.82) is 5.26 Å². The topological polar surface area (TPSA) is 44.1 Å². The molecule has 3 nitrogen and oxygen atoms in total. The second-order valence-corrected chi connectivity index (χ2v) is 5.11. The molecule has 19 heavy (non-hydrogen) atoms. The maximum Gasteiger partial charge on any atom is 0.166 e. The molecule has 1 aromatic carbocycles. The van der Waals surface area contributed by atoms with Gasteiger partial charge in [0.2, 0.25) is 0 Å². The number of nitriles is 1. The number of Topliss-reactive ketones (excluding diaryl/α,β-unsaturated/α-hetero) is 1. The zero-order valence-corrected chi connectivity index (χ0v) is 11.2. The fraction of sp³-hybridized carbons (Fsp3) is 0.500. The Bertz CT molecular complexity index is 442. The third-order valence-corrected chi connectivity index (χ3v) is 3.78. The SMILES string of the molecule is N#CCCCN1CCC(C(=O)c2ccccc2)CC1. The van der Waals surface area contributed by atoms with Gasteiger partial charge in [-0.05, 0) is 38.9 Å². The van der Waals surface area contributed by atoms with E-state index < -0.39 is 0 Å². The number of hydrogen-bond acceptors (Lipinski definition) is 3. The zero-order valence-electron chi connectivity index (χ0n) is 11.2. The van der Waals surface area contributed by atoms with Crippen LogP contribution in [0.4, 0.5) is 0 Å². The van der Waals surface area contributed by atoms with Gasteiger partial charge in [0.15, 0.2) is 5.78 Å². The van der Waals surface area contributed by atoms with E-state index in [1.54, 1.807) is 0 Å². The van der Waals surface area contributed by atoms with Crippen molar-refractivity contribution in [2.75, 3.05) is 19.6 Å². The highest BCUT2D eigenvalue weighted by molar-refractivity contribution is 5.97. The van der Waals surface area contributed by atoms with Crippen LogP contribution < -0.4 is 0 Å². The third kappa shape index (κ3) is 3.90. The van der Waals surface area contributed by atoms with Crippen LogP contribution in [0.3, 0.4) is 0 Å². The van der Waals surface area contributed by atoms with E-state index in [-0.39, 0.29) is 11.7 Å². The van der Waals surface area contributed by atoms with Crippen molar-refractivity contribution in [3.05, 3.63) is 35.9 Å². The van der Waals surface area contributed by atoms with Crippen LogP contribution in [0, 0.1) is 17.2 Å². The minimum atomic E-state index is 0.176. The van der Waals surface area contributed by atoms with E-state index in [0.29, 0.717) is 6.42 Å². The molecule has 0 aromatic heterocycles. The zero-order chi connectivity index (χ0) is 13.5. The highest BCUT2D eigenvalue weighted by Crippen LogP contribution is 2.21. The lowest BCUT2D eigenvalue weighted by molar-refractivity contribution is 0.0839. The summed E-state index contributed by atoms with van der Waals surface area (Å²) in [4.78, 5) is 14.7. The van der Waals surface area contributed by atoms with Gasteiger partial charge in [-0.1, -0.05) is 30.3 Å². The molecule has 3 heteroatoms. The quantitative estimate of drug-likeness (QED) is 0.601. The molecule has 1 heterocycles. The standard InChI is InChI=1S/C16H20N2O/c17-10-4-5-11-18-12-8-15(9-13-18)16(19)14-6-2-1-3-7-14/h1-3,6-7,15H,4-5,8-9,11-13H2. The molecule has 1 fully saturated rings. The summed E-state index contributed by atoms with van der Waals surface area (Å²) in [5.74, 6) is 0.465. The van der Waals surface area contributed by atoms with Crippen LogP contribution in [0.1, 0.15) is 36.0 Å². The molecule has 1 aromatic rings. The maximum absolute atomic E-state index is 12.3. The fourth-order valence-electron chi connectivity index (χ4n) is 2.64. The molecule has 100 valence electrons. The van der Waals surface area contributed by atoms with Gasteiger partial charge in [-0.15, -0.1) is 0 Å². The molecule has 0 bridgehead atoms. The summed E-state index contributed by atoms with van der Waals surface area (Å²) < 4.78 is 0. The number of nitrogens with zero attached hydrogens (tertiary/aromatic N) is 2. The highest BCUT2D eigenvalue weighted by Gasteiger charge is 2.25. The van der Waals surface area contributed by atoms with Crippen LogP contribution in [0.5, 0.6) is 0 Å². The van der Waals surface area contributed by atoms with Gasteiger partial charge < -0.3 is 4.90 Å². The van der Waals surface area contributed by atoms with Crippen molar-refractivity contribution in [3.8, 4) is 6.07 Å². The van der Waals surface area contributed by atoms with Crippen LogP contribution in [0.2, 0.25) is 0 Å². The molecule has 0 spiro atoms. The van der Waals surface area contributed by atoms with E-state index >= 15 is 0 Å². The van der Waals surface area contributed by atoms with E-state index in [2.05, 4.69) is 11.0 Å². The van der Waals surface area contributed by atoms with E-state index in [9.17, 15) is 4.79 Å². The van der Waals surface area contributed by atoms with Crippen LogP contribution >= 0.6 is 0 Å². The van der Waals surface area contributed by atoms with Gasteiger partial charge in [0, 0.05) is 17.9 Å². The largest absolute Gasteiger partial charge is 0.303 e. The van der Waals surface area contributed by atoms with Crippen molar-refractivity contribution in [3.63, 3.8) is 0 Å². The molecule has 0 amide bonds. The summed E-state index contributed by atoms with van der Waals surface area (Å²) in [5, 5.41) is 8.52. The Morgan fingerprint density at radius 1 is 1.26 bits per heavy atom. The fourth-order valence-corrected chi connectivity index (χ4v) is 2.64. The summed E-state index contributed by atoms with van der Waals surface area (Å²) in [6, 6.07) is 11.8. The molecular weight excluding hydrogens is 236 g/mol. The van der Waals surface area contributed by atoms with Crippen LogP contribution in [-0.4, -0.2) is 30.3 Å². The Kier molecular flexibility index (Phi) is 5.11. The van der Waals surface area contributed by atoms with Gasteiger partial charge in [-0.3, -0.25) is 4.79 Å². The average Bonchev–Trinajstić information content (AvgIpc) is 2.48. The second kappa shape index (κ2) is 7.06. The molecular formula is C16H20N2O. The maximum atomic E-state index is 12.3. The Balaban J connectivity index is 1.80. The van der Waals surface area contributed by atoms with Gasteiger partial charge in [0.05, 0.1) is 6.07 Å². The minimum absolute atomic E-state index is 0.176. The number of carbonyl (C=O) groups excluding carboxylic acids is 1. The third-order valence-electron chi connectivity index (χ3n) is 3.78. The van der Waals surface area contributed by atoms with Gasteiger partial charge in [0.25, 0.3) is 0 Å². The summed E-state index contributed by atoms with van der Waals surface area (Å²) >= 11 is 0. The van der Waals surface area contributed by atoms with Gasteiger partial charge in [-0.2, -0.15) is 5.26 Å². The van der Waals surface area contributed by atoms with E-state index in [4.69, 9.17) is 5.26 Å². The first kappa shape index (κ1) is 13.8. The molecule has 0 atom stereocenters. The monoisotopic (exact) mass is 256 g/mol. The van der Waals surface area contributed by atoms with Crippen molar-refractivity contribution >= 4 is 5.78 Å². The Morgan fingerprint density at radius 2 is 1.95 bits per heavy atom. The lowest BCUT2D eigenvalue weighted by Crippen LogP contribution is -2.36. The van der Waals surface area contributed by atoms with Crippen LogP contribution in [0.25, 0.3) is 0 Å². The van der Waals surface area contributed by atoms with Gasteiger partial charge in [-0.25, -0.2) is 0 Å². The highest BCUT2D eigenvalue weighted by atomic mass is 16.1. The molecule has 2 rings (SSSR count).